The van der Waals surface area contributed by atoms with Gasteiger partial charge in [0.05, 0.1) is 66.2 Å². The van der Waals surface area contributed by atoms with Gasteiger partial charge >= 0.3 is 0 Å². The van der Waals surface area contributed by atoms with Crippen molar-refractivity contribution in [3.05, 3.63) is 570 Å². The molecule has 0 amide bonds. The fraction of sp³-hybridized carbons (Fsp3) is 0. The Kier molecular flexibility index (Phi) is 21.2. The lowest BCUT2D eigenvalue weighted by atomic mass is 9.98. The van der Waals surface area contributed by atoms with E-state index in [2.05, 4.69) is 598 Å². The highest BCUT2D eigenvalue weighted by Gasteiger charge is 2.26. The largest absolute Gasteiger partial charge is 0.309 e. The molecular weight excluding hydrogens is 1790 g/mol. The van der Waals surface area contributed by atoms with Gasteiger partial charge in [-0.2, -0.15) is 0 Å². The molecule has 30 rings (SSSR count). The highest BCUT2D eigenvalue weighted by Crippen LogP contribution is 2.48. The van der Waals surface area contributed by atoms with Gasteiger partial charge in [0, 0.05) is 98.8 Å². The minimum Gasteiger partial charge on any atom is -0.309 e. The Morgan fingerprint density at radius 3 is 0.628 bits per heavy atom. The third-order valence-electron chi connectivity index (χ3n) is 30.2. The highest BCUT2D eigenvalue weighted by atomic mass is 15.0. The second-order valence-corrected chi connectivity index (χ2v) is 38.5. The van der Waals surface area contributed by atoms with Crippen LogP contribution in [0.5, 0.6) is 0 Å². The maximum atomic E-state index is 2.42. The molecule has 0 saturated carbocycles. The molecule has 0 saturated heterocycles. The molecule has 6 nitrogen and oxygen atoms in total. The molecule has 24 aromatic carbocycles. The number of fused-ring (bicyclic) bond motifs is 19. The number of rotatable bonds is 14. The lowest BCUT2D eigenvalue weighted by Gasteiger charge is -2.12. The first-order valence-corrected chi connectivity index (χ1v) is 50.9. The summed E-state index contributed by atoms with van der Waals surface area (Å²) in [5.74, 6) is 0. The molecule has 0 unspecified atom stereocenters. The Morgan fingerprint density at radius 1 is 0.0946 bits per heavy atom. The average molecular weight is 1880 g/mol. The fourth-order valence-corrected chi connectivity index (χ4v) is 23.4. The third kappa shape index (κ3) is 14.9. The molecule has 30 aromatic rings. The molecule has 148 heavy (non-hydrogen) atoms. The van der Waals surface area contributed by atoms with Gasteiger partial charge in [-0.3, -0.25) is 0 Å². The Morgan fingerprint density at radius 2 is 0.304 bits per heavy atom. The molecule has 0 fully saturated rings. The van der Waals surface area contributed by atoms with Gasteiger partial charge in [-0.1, -0.05) is 425 Å². The summed E-state index contributed by atoms with van der Waals surface area (Å²) in [6.07, 6.45) is 0. The summed E-state index contributed by atoms with van der Waals surface area (Å²) in [6.45, 7) is 0. The standard InChI is InChI=1S/2C48H32N2.C46H30N2/c1-3-13-33(14-4-1)35-25-28-38(29-26-35)49-44-22-9-7-19-41(44)42-30-27-37(32-47(42)49)40-21-12-24-46-48(40)43-20-8-10-23-45(43)50(46)39-18-11-17-36(31-39)34-15-5-2-6-16-34;1-3-12-33(13-4-1)35-22-27-38(28-23-35)49-45-20-10-8-17-43(45)48-40(18-11-21-46(48)49)37-26-31-42-41-16-7-9-19-44(41)50(47(42)32-37)39-29-24-36(25-30-39)34-14-5-2-6-15-34;1-2-11-31(12-3-1)33-21-25-36(26-22-33)47-42-18-8-6-15-39(42)40-28-24-35(30-45(40)47)38-17-10-20-44-46(38)41-16-7-9-19-43(41)48(44)37-27-23-32-13-4-5-14-34(32)29-37/h2*1-32H;1-30H. The van der Waals surface area contributed by atoms with Gasteiger partial charge in [0.25, 0.3) is 0 Å². The van der Waals surface area contributed by atoms with Crippen LogP contribution in [0.2, 0.25) is 0 Å². The molecule has 6 heterocycles. The van der Waals surface area contributed by atoms with Crippen LogP contribution in [0.3, 0.4) is 0 Å². The van der Waals surface area contributed by atoms with E-state index < -0.39 is 0 Å². The summed E-state index contributed by atoms with van der Waals surface area (Å²) in [4.78, 5) is 0. The monoisotopic (exact) mass is 1880 g/mol. The molecule has 0 radical (unpaired) electrons. The predicted octanol–water partition coefficient (Wildman–Crippen LogP) is 38.1. The van der Waals surface area contributed by atoms with Crippen LogP contribution in [0.25, 0.3) is 265 Å². The van der Waals surface area contributed by atoms with Crippen LogP contribution in [-0.2, 0) is 0 Å². The summed E-state index contributed by atoms with van der Waals surface area (Å²) in [6, 6.07) is 207. The van der Waals surface area contributed by atoms with Gasteiger partial charge in [-0.15, -0.1) is 0 Å². The lowest BCUT2D eigenvalue weighted by Crippen LogP contribution is -1.95. The number of hydrogen-bond acceptors (Lipinski definition) is 0. The second-order valence-electron chi connectivity index (χ2n) is 38.5. The molecule has 0 aliphatic carbocycles. The van der Waals surface area contributed by atoms with Crippen molar-refractivity contribution in [2.75, 3.05) is 0 Å². The van der Waals surface area contributed by atoms with Crippen LogP contribution >= 0.6 is 0 Å². The van der Waals surface area contributed by atoms with Crippen molar-refractivity contribution >= 4 is 142 Å². The van der Waals surface area contributed by atoms with Gasteiger partial charge < -0.3 is 27.4 Å². The van der Waals surface area contributed by atoms with Gasteiger partial charge in [-0.25, -0.2) is 0 Å². The first-order chi connectivity index (χ1) is 73.4. The average Bonchev–Trinajstić information content (AvgIpc) is 1.57. The lowest BCUT2D eigenvalue weighted by molar-refractivity contribution is 1.18. The van der Waals surface area contributed by atoms with Gasteiger partial charge in [0.1, 0.15) is 0 Å². The van der Waals surface area contributed by atoms with E-state index in [4.69, 9.17) is 0 Å². The summed E-state index contributed by atoms with van der Waals surface area (Å²) < 4.78 is 14.5. The van der Waals surface area contributed by atoms with E-state index >= 15 is 0 Å². The van der Waals surface area contributed by atoms with Gasteiger partial charge in [0.15, 0.2) is 0 Å². The molecule has 0 aliphatic rings. The topological polar surface area (TPSA) is 29.6 Å². The van der Waals surface area contributed by atoms with Gasteiger partial charge in [-0.05, 0) is 245 Å². The molecule has 692 valence electrons. The molecule has 0 N–H and O–H groups in total. The molecule has 0 spiro atoms. The zero-order valence-electron chi connectivity index (χ0n) is 81.0. The Hall–Kier alpha value is -19.7. The SMILES string of the molecule is c1ccc(-c2ccc(-n3c4ccccc4c4ccc(-c5cccc6c5c5ccccc5n6-c5ccc(-c6ccccc6)cc5)cc43)cc2)cc1.c1ccc(-c2ccc(-n3c4ccccc4c4ccc(-c5cccc6c5c5ccccc5n6-c5ccc6ccccc6c5)cc43)cc2)cc1.c1ccc(-c2ccc(-n3c4ccccc4c4ccc(-c5cccc6c5c5ccccc5n6-c5cccc(-c6ccccc6)c5)cc43)cc2)cc1. The molecule has 6 aromatic heterocycles. The summed E-state index contributed by atoms with van der Waals surface area (Å²) in [5.41, 5.74) is 40.9. The summed E-state index contributed by atoms with van der Waals surface area (Å²) in [5, 5.41) is 17.6. The Labute approximate surface area is 856 Å². The summed E-state index contributed by atoms with van der Waals surface area (Å²) in [7, 11) is 0. The van der Waals surface area contributed by atoms with E-state index in [0.717, 1.165) is 28.4 Å². The van der Waals surface area contributed by atoms with Crippen molar-refractivity contribution < 1.29 is 0 Å². The van der Waals surface area contributed by atoms with Crippen molar-refractivity contribution in [2.24, 2.45) is 0 Å². The highest BCUT2D eigenvalue weighted by molar-refractivity contribution is 6.21. The van der Waals surface area contributed by atoms with E-state index in [0.29, 0.717) is 0 Å². The van der Waals surface area contributed by atoms with Crippen molar-refractivity contribution in [2.45, 2.75) is 0 Å². The van der Waals surface area contributed by atoms with E-state index in [1.807, 2.05) is 0 Å². The molecule has 6 heteroatoms. The van der Waals surface area contributed by atoms with Gasteiger partial charge in [0.2, 0.25) is 0 Å². The maximum absolute atomic E-state index is 2.42. The number of hydrogen-bond donors (Lipinski definition) is 0. The number of nitrogens with zero attached hydrogens (tertiary/aromatic N) is 6. The van der Waals surface area contributed by atoms with Crippen LogP contribution in [0.15, 0.2) is 570 Å². The maximum Gasteiger partial charge on any atom is 0.0547 e. The minimum absolute atomic E-state index is 1.15. The molecular formula is C142H94N6. The van der Waals surface area contributed by atoms with Crippen molar-refractivity contribution in [3.63, 3.8) is 0 Å². The zero-order valence-corrected chi connectivity index (χ0v) is 81.0. The van der Waals surface area contributed by atoms with Crippen LogP contribution in [0.4, 0.5) is 0 Å². The van der Waals surface area contributed by atoms with Crippen LogP contribution in [-0.4, -0.2) is 27.4 Å². The van der Waals surface area contributed by atoms with E-state index in [1.54, 1.807) is 0 Å². The second kappa shape index (κ2) is 36.4. The van der Waals surface area contributed by atoms with Crippen molar-refractivity contribution in [1.29, 1.82) is 0 Å². The normalized spacial score (nSPS) is 11.6. The smallest absolute Gasteiger partial charge is 0.0547 e. The zero-order chi connectivity index (χ0) is 97.6. The molecule has 0 atom stereocenters. The quantitative estimate of drug-likeness (QED) is 0.104. The van der Waals surface area contributed by atoms with Crippen LogP contribution in [0, 0.1) is 0 Å². The number of benzene rings is 24. The minimum atomic E-state index is 1.15. The number of aromatic nitrogens is 6. The fourth-order valence-electron chi connectivity index (χ4n) is 23.4. The van der Waals surface area contributed by atoms with Crippen molar-refractivity contribution in [1.82, 2.24) is 27.4 Å². The Balaban J connectivity index is 0.000000107. The predicted molar refractivity (Wildman–Crippen MR) is 626 cm³/mol. The van der Waals surface area contributed by atoms with Crippen LogP contribution < -0.4 is 0 Å². The summed E-state index contributed by atoms with van der Waals surface area (Å²) >= 11 is 0. The number of para-hydroxylation sites is 6. The van der Waals surface area contributed by atoms with Crippen molar-refractivity contribution in [3.8, 4) is 123 Å². The van der Waals surface area contributed by atoms with E-state index in [9.17, 15) is 0 Å². The van der Waals surface area contributed by atoms with E-state index in [-0.39, 0.29) is 0 Å². The molecule has 0 bridgehead atoms. The third-order valence-corrected chi connectivity index (χ3v) is 30.2. The molecule has 0 aliphatic heterocycles. The van der Waals surface area contributed by atoms with Crippen LogP contribution in [0.1, 0.15) is 0 Å². The van der Waals surface area contributed by atoms with E-state index in [1.165, 1.54) is 236 Å². The first-order valence-electron chi connectivity index (χ1n) is 50.9. The first kappa shape index (κ1) is 86.2. The Bertz CT molecular complexity index is 10400.